The Morgan fingerprint density at radius 1 is 1.10 bits per heavy atom. The maximum atomic E-state index is 6.16. The zero-order valence-corrected chi connectivity index (χ0v) is 11.7. The predicted octanol–water partition coefficient (Wildman–Crippen LogP) is 2.84. The summed E-state index contributed by atoms with van der Waals surface area (Å²) in [5.41, 5.74) is 7.46. The van der Waals surface area contributed by atoms with Crippen molar-refractivity contribution < 1.29 is 4.52 Å². The van der Waals surface area contributed by atoms with E-state index in [-0.39, 0.29) is 12.0 Å². The van der Waals surface area contributed by atoms with Gasteiger partial charge in [0, 0.05) is 12.5 Å². The van der Waals surface area contributed by atoms with E-state index in [0.29, 0.717) is 0 Å². The molecule has 0 aliphatic heterocycles. The molecule has 2 N–H and O–H groups in total. The Balaban J connectivity index is 1.62. The van der Waals surface area contributed by atoms with Crippen molar-refractivity contribution in [2.75, 3.05) is 0 Å². The Morgan fingerprint density at radius 3 is 2.70 bits per heavy atom. The fourth-order valence-corrected chi connectivity index (χ4v) is 2.89. The van der Waals surface area contributed by atoms with Crippen molar-refractivity contribution in [1.82, 2.24) is 10.1 Å². The maximum absolute atomic E-state index is 6.16. The molecule has 1 heterocycles. The third-order valence-electron chi connectivity index (χ3n) is 4.10. The summed E-state index contributed by atoms with van der Waals surface area (Å²) in [4.78, 5) is 4.54. The number of benzene rings is 1. The van der Waals surface area contributed by atoms with Crippen LogP contribution in [-0.2, 0) is 12.8 Å². The minimum Gasteiger partial charge on any atom is -0.339 e. The fourth-order valence-electron chi connectivity index (χ4n) is 2.89. The molecule has 2 aromatic rings. The first-order valence-electron chi connectivity index (χ1n) is 7.45. The van der Waals surface area contributed by atoms with Crippen molar-refractivity contribution in [2.45, 2.75) is 50.5 Å². The van der Waals surface area contributed by atoms with Crippen molar-refractivity contribution in [1.29, 1.82) is 0 Å². The third-order valence-corrected chi connectivity index (χ3v) is 4.10. The van der Waals surface area contributed by atoms with E-state index in [1.54, 1.807) is 0 Å². The molecule has 1 saturated carbocycles. The highest BCUT2D eigenvalue weighted by atomic mass is 16.5. The number of nitrogens with zero attached hydrogens (tertiary/aromatic N) is 2. The molecule has 1 fully saturated rings. The summed E-state index contributed by atoms with van der Waals surface area (Å²) >= 11 is 0. The summed E-state index contributed by atoms with van der Waals surface area (Å²) in [6, 6.07) is 10.6. The molecule has 2 atom stereocenters. The van der Waals surface area contributed by atoms with E-state index in [1.165, 1.54) is 18.4 Å². The number of nitrogens with two attached hydrogens (primary N) is 1. The summed E-state index contributed by atoms with van der Waals surface area (Å²) < 4.78 is 5.42. The molecule has 2 unspecified atom stereocenters. The average molecular weight is 271 g/mol. The van der Waals surface area contributed by atoms with E-state index < -0.39 is 0 Å². The van der Waals surface area contributed by atoms with Crippen molar-refractivity contribution in [2.24, 2.45) is 5.73 Å². The lowest BCUT2D eigenvalue weighted by Crippen LogP contribution is -2.31. The van der Waals surface area contributed by atoms with Crippen LogP contribution in [-0.4, -0.2) is 16.2 Å². The molecule has 0 bridgehead atoms. The van der Waals surface area contributed by atoms with Crippen molar-refractivity contribution in [3.05, 3.63) is 47.6 Å². The lowest BCUT2D eigenvalue weighted by atomic mass is 9.85. The van der Waals surface area contributed by atoms with Gasteiger partial charge in [0.15, 0.2) is 5.82 Å². The van der Waals surface area contributed by atoms with Crippen LogP contribution in [0.4, 0.5) is 0 Å². The van der Waals surface area contributed by atoms with E-state index in [1.807, 2.05) is 6.07 Å². The van der Waals surface area contributed by atoms with Crippen LogP contribution >= 0.6 is 0 Å². The lowest BCUT2D eigenvalue weighted by molar-refractivity contribution is 0.289. The van der Waals surface area contributed by atoms with Gasteiger partial charge in [-0.25, -0.2) is 0 Å². The normalized spacial score (nSPS) is 22.9. The first-order valence-corrected chi connectivity index (χ1v) is 7.45. The van der Waals surface area contributed by atoms with Crippen LogP contribution in [0.25, 0.3) is 0 Å². The van der Waals surface area contributed by atoms with E-state index in [2.05, 4.69) is 34.4 Å². The summed E-state index contributed by atoms with van der Waals surface area (Å²) in [6.07, 6.45) is 6.31. The van der Waals surface area contributed by atoms with Gasteiger partial charge in [0.2, 0.25) is 5.89 Å². The number of hydrogen-bond acceptors (Lipinski definition) is 4. The van der Waals surface area contributed by atoms with Crippen LogP contribution < -0.4 is 5.73 Å². The standard InChI is InChI=1S/C16H21N3O/c17-14-9-5-4-8-13(14)16-18-15(19-20-16)11-10-12-6-2-1-3-7-12/h1-3,6-7,13-14H,4-5,8-11,17H2. The molecule has 4 nitrogen and oxygen atoms in total. The molecule has 0 spiro atoms. The number of rotatable bonds is 4. The quantitative estimate of drug-likeness (QED) is 0.928. The third kappa shape index (κ3) is 3.07. The van der Waals surface area contributed by atoms with Crippen LogP contribution in [0.5, 0.6) is 0 Å². The smallest absolute Gasteiger partial charge is 0.231 e. The Kier molecular flexibility index (Phi) is 4.11. The SMILES string of the molecule is NC1CCCCC1c1nc(CCc2ccccc2)no1. The average Bonchev–Trinajstić information content (AvgIpc) is 2.95. The Labute approximate surface area is 119 Å². The predicted molar refractivity (Wildman–Crippen MR) is 77.3 cm³/mol. The van der Waals surface area contributed by atoms with E-state index in [4.69, 9.17) is 10.3 Å². The highest BCUT2D eigenvalue weighted by Crippen LogP contribution is 2.30. The van der Waals surface area contributed by atoms with Gasteiger partial charge in [-0.05, 0) is 24.8 Å². The number of hydrogen-bond donors (Lipinski definition) is 1. The number of aromatic nitrogens is 2. The molecule has 1 aliphatic rings. The molecule has 0 radical (unpaired) electrons. The molecule has 4 heteroatoms. The van der Waals surface area contributed by atoms with Crippen LogP contribution in [0.15, 0.2) is 34.9 Å². The summed E-state index contributed by atoms with van der Waals surface area (Å²) in [7, 11) is 0. The monoisotopic (exact) mass is 271 g/mol. The molecule has 106 valence electrons. The first kappa shape index (κ1) is 13.3. The fraction of sp³-hybridized carbons (Fsp3) is 0.500. The zero-order chi connectivity index (χ0) is 13.8. The second-order valence-corrected chi connectivity index (χ2v) is 5.59. The lowest BCUT2D eigenvalue weighted by Gasteiger charge is -2.25. The molecule has 0 amide bonds. The van der Waals surface area contributed by atoms with E-state index in [9.17, 15) is 0 Å². The second kappa shape index (κ2) is 6.18. The van der Waals surface area contributed by atoms with Crippen molar-refractivity contribution >= 4 is 0 Å². The van der Waals surface area contributed by atoms with Crippen LogP contribution in [0.3, 0.4) is 0 Å². The molecule has 20 heavy (non-hydrogen) atoms. The topological polar surface area (TPSA) is 64.9 Å². The van der Waals surface area contributed by atoms with Crippen molar-refractivity contribution in [3.8, 4) is 0 Å². The van der Waals surface area contributed by atoms with Crippen LogP contribution in [0.2, 0.25) is 0 Å². The Bertz CT molecular complexity index is 538. The molecule has 1 aliphatic carbocycles. The summed E-state index contributed by atoms with van der Waals surface area (Å²) in [5.74, 6) is 1.78. The molecule has 3 rings (SSSR count). The molecular formula is C16H21N3O. The van der Waals surface area contributed by atoms with Gasteiger partial charge in [-0.15, -0.1) is 0 Å². The van der Waals surface area contributed by atoms with Gasteiger partial charge in [0.1, 0.15) is 0 Å². The zero-order valence-electron chi connectivity index (χ0n) is 11.7. The van der Waals surface area contributed by atoms with Gasteiger partial charge in [-0.1, -0.05) is 48.3 Å². The number of aryl methyl sites for hydroxylation is 2. The van der Waals surface area contributed by atoms with E-state index >= 15 is 0 Å². The van der Waals surface area contributed by atoms with Crippen LogP contribution in [0.1, 0.15) is 48.9 Å². The molecule has 1 aromatic carbocycles. The Hall–Kier alpha value is -1.68. The molecule has 0 saturated heterocycles. The van der Waals surface area contributed by atoms with Gasteiger partial charge >= 0.3 is 0 Å². The molecule has 1 aromatic heterocycles. The van der Waals surface area contributed by atoms with Gasteiger partial charge in [0.25, 0.3) is 0 Å². The minimum atomic E-state index is 0.172. The first-order chi connectivity index (χ1) is 9.83. The molecular weight excluding hydrogens is 250 g/mol. The second-order valence-electron chi connectivity index (χ2n) is 5.59. The maximum Gasteiger partial charge on any atom is 0.231 e. The largest absolute Gasteiger partial charge is 0.339 e. The van der Waals surface area contributed by atoms with Gasteiger partial charge < -0.3 is 10.3 Å². The summed E-state index contributed by atoms with van der Waals surface area (Å²) in [5, 5.41) is 4.10. The summed E-state index contributed by atoms with van der Waals surface area (Å²) in [6.45, 7) is 0. The Morgan fingerprint density at radius 2 is 1.90 bits per heavy atom. The van der Waals surface area contributed by atoms with Crippen molar-refractivity contribution in [3.63, 3.8) is 0 Å². The van der Waals surface area contributed by atoms with Gasteiger partial charge in [0.05, 0.1) is 5.92 Å². The van der Waals surface area contributed by atoms with E-state index in [0.717, 1.165) is 37.4 Å². The highest BCUT2D eigenvalue weighted by Gasteiger charge is 2.28. The van der Waals surface area contributed by atoms with Crippen LogP contribution in [0, 0.1) is 0 Å². The minimum absolute atomic E-state index is 0.172. The van der Waals surface area contributed by atoms with Gasteiger partial charge in [-0.2, -0.15) is 4.98 Å². The highest BCUT2D eigenvalue weighted by molar-refractivity contribution is 5.15. The van der Waals surface area contributed by atoms with Gasteiger partial charge in [-0.3, -0.25) is 0 Å².